The van der Waals surface area contributed by atoms with Crippen molar-refractivity contribution in [2.45, 2.75) is 31.8 Å². The lowest BCUT2D eigenvalue weighted by molar-refractivity contribution is 0.199. The van der Waals surface area contributed by atoms with E-state index in [1.807, 2.05) is 29.1 Å². The molecule has 1 fully saturated rings. The smallest absolute Gasteiger partial charge is 0.0782 e. The molecule has 1 aliphatic carbocycles. The van der Waals surface area contributed by atoms with Gasteiger partial charge in [-0.15, -0.1) is 0 Å². The first kappa shape index (κ1) is 11.9. The Kier molecular flexibility index (Phi) is 2.99. The summed E-state index contributed by atoms with van der Waals surface area (Å²) < 4.78 is 2.85. The predicted molar refractivity (Wildman–Crippen MR) is 73.9 cm³/mol. The standard InChI is InChI=1S/C14H15BrN2O/c1-9(18)12-5-4-11(15)8-14(12)17-7-6-13(16-17)10-2-3-10/h4-10,18H,2-3H2,1H3. The predicted octanol–water partition coefficient (Wildman–Crippen LogP) is 3.57. The molecule has 18 heavy (non-hydrogen) atoms. The molecule has 0 saturated heterocycles. The second-order valence-corrected chi connectivity index (χ2v) is 5.75. The van der Waals surface area contributed by atoms with Crippen LogP contribution in [0.2, 0.25) is 0 Å². The first-order chi connectivity index (χ1) is 8.65. The Morgan fingerprint density at radius 1 is 1.39 bits per heavy atom. The summed E-state index contributed by atoms with van der Waals surface area (Å²) in [6, 6.07) is 7.94. The Labute approximate surface area is 115 Å². The topological polar surface area (TPSA) is 38.0 Å². The lowest BCUT2D eigenvalue weighted by Crippen LogP contribution is -2.03. The van der Waals surface area contributed by atoms with E-state index in [1.165, 1.54) is 12.8 Å². The van der Waals surface area contributed by atoms with Gasteiger partial charge in [-0.25, -0.2) is 4.68 Å². The van der Waals surface area contributed by atoms with Crippen molar-refractivity contribution in [1.29, 1.82) is 0 Å². The van der Waals surface area contributed by atoms with Crippen LogP contribution in [0.5, 0.6) is 0 Å². The van der Waals surface area contributed by atoms with Gasteiger partial charge in [-0.1, -0.05) is 22.0 Å². The van der Waals surface area contributed by atoms with Gasteiger partial charge in [-0.05, 0) is 38.0 Å². The fraction of sp³-hybridized carbons (Fsp3) is 0.357. The van der Waals surface area contributed by atoms with Crippen LogP contribution in [0, 0.1) is 0 Å². The van der Waals surface area contributed by atoms with Crippen LogP contribution in [-0.2, 0) is 0 Å². The Balaban J connectivity index is 2.05. The van der Waals surface area contributed by atoms with Gasteiger partial charge in [-0.3, -0.25) is 0 Å². The van der Waals surface area contributed by atoms with Crippen LogP contribution in [0.3, 0.4) is 0 Å². The number of aromatic nitrogens is 2. The summed E-state index contributed by atoms with van der Waals surface area (Å²) in [5.41, 5.74) is 2.99. The highest BCUT2D eigenvalue weighted by Gasteiger charge is 2.26. The highest BCUT2D eigenvalue weighted by Crippen LogP contribution is 2.39. The zero-order valence-electron chi connectivity index (χ0n) is 10.2. The van der Waals surface area contributed by atoms with Crippen LogP contribution in [0.15, 0.2) is 34.9 Å². The van der Waals surface area contributed by atoms with E-state index in [4.69, 9.17) is 0 Å². The highest BCUT2D eigenvalue weighted by molar-refractivity contribution is 9.10. The molecule has 4 heteroatoms. The molecule has 3 rings (SSSR count). The van der Waals surface area contributed by atoms with Gasteiger partial charge in [-0.2, -0.15) is 5.10 Å². The second-order valence-electron chi connectivity index (χ2n) is 4.84. The van der Waals surface area contributed by atoms with Gasteiger partial charge in [0, 0.05) is 22.2 Å². The van der Waals surface area contributed by atoms with Crippen LogP contribution >= 0.6 is 15.9 Å². The van der Waals surface area contributed by atoms with Crippen LogP contribution in [0.4, 0.5) is 0 Å². The van der Waals surface area contributed by atoms with Gasteiger partial charge in [0.2, 0.25) is 0 Å². The Morgan fingerprint density at radius 2 is 2.17 bits per heavy atom. The second kappa shape index (κ2) is 4.52. The largest absolute Gasteiger partial charge is 0.389 e. The molecule has 0 amide bonds. The molecule has 1 N–H and O–H groups in total. The van der Waals surface area contributed by atoms with Crippen molar-refractivity contribution in [3.8, 4) is 5.69 Å². The number of nitrogens with zero attached hydrogens (tertiary/aromatic N) is 2. The van der Waals surface area contributed by atoms with E-state index in [2.05, 4.69) is 27.1 Å². The normalized spacial score (nSPS) is 16.8. The minimum Gasteiger partial charge on any atom is -0.389 e. The van der Waals surface area contributed by atoms with E-state index in [9.17, 15) is 5.11 Å². The van der Waals surface area contributed by atoms with E-state index in [1.54, 1.807) is 6.92 Å². The van der Waals surface area contributed by atoms with Gasteiger partial charge >= 0.3 is 0 Å². The molecule has 0 spiro atoms. The quantitative estimate of drug-likeness (QED) is 0.941. The van der Waals surface area contributed by atoms with Crippen LogP contribution in [0.25, 0.3) is 5.69 Å². The third-order valence-corrected chi connectivity index (χ3v) is 3.79. The lowest BCUT2D eigenvalue weighted by atomic mass is 10.1. The summed E-state index contributed by atoms with van der Waals surface area (Å²) in [5, 5.41) is 14.4. The fourth-order valence-electron chi connectivity index (χ4n) is 2.14. The van der Waals surface area contributed by atoms with E-state index < -0.39 is 6.10 Å². The Bertz CT molecular complexity index is 573. The van der Waals surface area contributed by atoms with Crippen LogP contribution in [-0.4, -0.2) is 14.9 Å². The number of aliphatic hydroxyl groups excluding tert-OH is 1. The van der Waals surface area contributed by atoms with E-state index in [0.717, 1.165) is 21.4 Å². The number of halogens is 1. The summed E-state index contributed by atoms with van der Waals surface area (Å²) in [4.78, 5) is 0. The third kappa shape index (κ3) is 2.22. The monoisotopic (exact) mass is 306 g/mol. The molecule has 1 aromatic carbocycles. The molecule has 2 aromatic rings. The third-order valence-electron chi connectivity index (χ3n) is 3.29. The molecule has 1 heterocycles. The summed E-state index contributed by atoms with van der Waals surface area (Å²) >= 11 is 3.47. The SMILES string of the molecule is CC(O)c1ccc(Br)cc1-n1ccc(C2CC2)n1. The molecular formula is C14H15BrN2O. The van der Waals surface area contributed by atoms with Crippen molar-refractivity contribution >= 4 is 15.9 Å². The first-order valence-electron chi connectivity index (χ1n) is 6.18. The van der Waals surface area contributed by atoms with Crippen molar-refractivity contribution < 1.29 is 5.11 Å². The maximum Gasteiger partial charge on any atom is 0.0782 e. The molecule has 1 aromatic heterocycles. The zero-order chi connectivity index (χ0) is 12.7. The van der Waals surface area contributed by atoms with Crippen molar-refractivity contribution in [3.05, 3.63) is 46.2 Å². The highest BCUT2D eigenvalue weighted by atomic mass is 79.9. The fourth-order valence-corrected chi connectivity index (χ4v) is 2.49. The number of hydrogen-bond donors (Lipinski definition) is 1. The Hall–Kier alpha value is -1.13. The maximum absolute atomic E-state index is 9.83. The molecule has 0 radical (unpaired) electrons. The van der Waals surface area contributed by atoms with Crippen molar-refractivity contribution in [2.24, 2.45) is 0 Å². The van der Waals surface area contributed by atoms with E-state index >= 15 is 0 Å². The summed E-state index contributed by atoms with van der Waals surface area (Å²) in [6.07, 6.45) is 3.97. The molecule has 1 unspecified atom stereocenters. The lowest BCUT2D eigenvalue weighted by Gasteiger charge is -2.12. The number of hydrogen-bond acceptors (Lipinski definition) is 2. The number of rotatable bonds is 3. The van der Waals surface area contributed by atoms with Gasteiger partial charge in [0.05, 0.1) is 17.5 Å². The molecule has 3 nitrogen and oxygen atoms in total. The van der Waals surface area contributed by atoms with Gasteiger partial charge in [0.15, 0.2) is 0 Å². The van der Waals surface area contributed by atoms with Crippen molar-refractivity contribution in [2.75, 3.05) is 0 Å². The van der Waals surface area contributed by atoms with Gasteiger partial charge < -0.3 is 5.11 Å². The zero-order valence-corrected chi connectivity index (χ0v) is 11.8. The summed E-state index contributed by atoms with van der Waals surface area (Å²) in [6.45, 7) is 1.78. The molecule has 0 aliphatic heterocycles. The van der Waals surface area contributed by atoms with Crippen molar-refractivity contribution in [1.82, 2.24) is 9.78 Å². The van der Waals surface area contributed by atoms with Gasteiger partial charge in [0.25, 0.3) is 0 Å². The van der Waals surface area contributed by atoms with E-state index in [0.29, 0.717) is 5.92 Å². The molecule has 1 saturated carbocycles. The average molecular weight is 307 g/mol. The van der Waals surface area contributed by atoms with Crippen LogP contribution < -0.4 is 0 Å². The maximum atomic E-state index is 9.83. The Morgan fingerprint density at radius 3 is 2.83 bits per heavy atom. The first-order valence-corrected chi connectivity index (χ1v) is 6.98. The minimum absolute atomic E-state index is 0.498. The number of benzene rings is 1. The van der Waals surface area contributed by atoms with Crippen LogP contribution in [0.1, 0.15) is 43.0 Å². The molecule has 94 valence electrons. The summed E-state index contributed by atoms with van der Waals surface area (Å²) in [5.74, 6) is 0.647. The molecule has 0 bridgehead atoms. The average Bonchev–Trinajstić information content (AvgIpc) is 3.07. The summed E-state index contributed by atoms with van der Waals surface area (Å²) in [7, 11) is 0. The number of aliphatic hydroxyl groups is 1. The van der Waals surface area contributed by atoms with Gasteiger partial charge in [0.1, 0.15) is 0 Å². The molecular weight excluding hydrogens is 292 g/mol. The molecule has 1 aliphatic rings. The minimum atomic E-state index is -0.498. The molecule has 1 atom stereocenters. The van der Waals surface area contributed by atoms with E-state index in [-0.39, 0.29) is 0 Å². The van der Waals surface area contributed by atoms with Crippen molar-refractivity contribution in [3.63, 3.8) is 0 Å².